The van der Waals surface area contributed by atoms with Crippen molar-refractivity contribution >= 4 is 27.8 Å². The van der Waals surface area contributed by atoms with E-state index in [9.17, 15) is 24.0 Å². The van der Waals surface area contributed by atoms with E-state index in [0.717, 1.165) is 4.57 Å². The lowest BCUT2D eigenvalue weighted by Gasteiger charge is -2.10. The molecule has 2 aromatic heterocycles. The number of carbonyl (C=O) groups is 1. The second-order valence-electron chi connectivity index (χ2n) is 7.68. The van der Waals surface area contributed by atoms with Gasteiger partial charge in [-0.3, -0.25) is 19.0 Å². The normalized spacial score (nSPS) is 10.8. The molecule has 0 unspecified atom stereocenters. The third-order valence-corrected chi connectivity index (χ3v) is 5.06. The first kappa shape index (κ1) is 24.4. The monoisotopic (exact) mass is 471 g/mol. The Morgan fingerprint density at radius 3 is 1.82 bits per heavy atom. The third-order valence-electron chi connectivity index (χ3n) is 5.06. The van der Waals surface area contributed by atoms with Gasteiger partial charge in [0, 0.05) is 15.9 Å². The molecule has 2 heterocycles. The van der Waals surface area contributed by atoms with Crippen molar-refractivity contribution in [2.45, 2.75) is 13.1 Å². The van der Waals surface area contributed by atoms with E-state index in [1.54, 1.807) is 48.5 Å². The number of esters is 1. The first-order valence-corrected chi connectivity index (χ1v) is 10.4. The van der Waals surface area contributed by atoms with Gasteiger partial charge in [-0.05, 0) is 38.4 Å². The average Bonchev–Trinajstić information content (AvgIpc) is 2.81. The molecule has 0 saturated carbocycles. The number of benzene rings is 2. The number of likely N-dealkylation sites (N-methyl/N-ethyl adjacent to an activating group) is 1. The summed E-state index contributed by atoms with van der Waals surface area (Å²) in [7, 11) is 5.00. The highest BCUT2D eigenvalue weighted by Crippen LogP contribution is 2.03. The number of H-pyrrole nitrogens is 2. The maximum absolute atomic E-state index is 12.1. The van der Waals surface area contributed by atoms with Crippen LogP contribution < -0.4 is 22.5 Å². The Balaban J connectivity index is 0.000000341. The predicted molar refractivity (Wildman–Crippen MR) is 132 cm³/mol. The summed E-state index contributed by atoms with van der Waals surface area (Å²) in [5.74, 6) is -0.645. The SMILES string of the molecule is CN(C)CCn1c(=O)[nH]c2ccccc2c1=O.COC(=O)Cn1c(=O)[nH]c2ccccc2c1=O.[HH].[HH]. The Morgan fingerprint density at radius 1 is 0.853 bits per heavy atom. The van der Waals surface area contributed by atoms with Gasteiger partial charge in [0.05, 0.1) is 28.9 Å². The van der Waals surface area contributed by atoms with Crippen LogP contribution in [0.5, 0.6) is 0 Å². The molecule has 4 aromatic rings. The van der Waals surface area contributed by atoms with Gasteiger partial charge < -0.3 is 19.6 Å². The van der Waals surface area contributed by atoms with Gasteiger partial charge in [0.2, 0.25) is 0 Å². The van der Waals surface area contributed by atoms with Crippen molar-refractivity contribution in [1.29, 1.82) is 0 Å². The summed E-state index contributed by atoms with van der Waals surface area (Å²) < 4.78 is 6.48. The van der Waals surface area contributed by atoms with Gasteiger partial charge >= 0.3 is 17.3 Å². The Labute approximate surface area is 195 Å². The van der Waals surface area contributed by atoms with E-state index in [0.29, 0.717) is 34.9 Å². The summed E-state index contributed by atoms with van der Waals surface area (Å²) in [5.41, 5.74) is -0.678. The minimum absolute atomic E-state index is 0. The fourth-order valence-electron chi connectivity index (χ4n) is 3.24. The first-order valence-electron chi connectivity index (χ1n) is 10.4. The molecule has 0 aliphatic rings. The number of ether oxygens (including phenoxy) is 1. The predicted octanol–water partition coefficient (Wildman–Crippen LogP) is 0.606. The van der Waals surface area contributed by atoms with Gasteiger partial charge in [-0.2, -0.15) is 0 Å². The molecule has 0 aliphatic heterocycles. The quantitative estimate of drug-likeness (QED) is 0.407. The lowest BCUT2D eigenvalue weighted by molar-refractivity contribution is -0.141. The molecule has 0 atom stereocenters. The zero-order valence-electron chi connectivity index (χ0n) is 19.0. The van der Waals surface area contributed by atoms with Gasteiger partial charge in [0.25, 0.3) is 11.1 Å². The van der Waals surface area contributed by atoms with Gasteiger partial charge in [0.15, 0.2) is 0 Å². The van der Waals surface area contributed by atoms with Crippen LogP contribution in [0.25, 0.3) is 21.8 Å². The Bertz CT molecular complexity index is 1570. The molecule has 2 aromatic carbocycles. The third kappa shape index (κ3) is 5.38. The van der Waals surface area contributed by atoms with E-state index < -0.39 is 23.8 Å². The van der Waals surface area contributed by atoms with Crippen LogP contribution in [0.3, 0.4) is 0 Å². The van der Waals surface area contributed by atoms with Crippen LogP contribution in [0.2, 0.25) is 0 Å². The smallest absolute Gasteiger partial charge is 0.329 e. The molecule has 0 fully saturated rings. The molecule has 2 N–H and O–H groups in total. The number of carbonyl (C=O) groups excluding carboxylic acids is 1. The number of hydrogen-bond donors (Lipinski definition) is 2. The molecule has 0 bridgehead atoms. The fraction of sp³-hybridized carbons (Fsp3) is 0.261. The van der Waals surface area contributed by atoms with Crippen molar-refractivity contribution < 1.29 is 12.4 Å². The molecule has 0 amide bonds. The van der Waals surface area contributed by atoms with Gasteiger partial charge in [-0.1, -0.05) is 24.3 Å². The number of aromatic amines is 2. The lowest BCUT2D eigenvalue weighted by Crippen LogP contribution is -2.37. The van der Waals surface area contributed by atoms with E-state index in [1.165, 1.54) is 11.7 Å². The highest BCUT2D eigenvalue weighted by Gasteiger charge is 2.10. The number of aromatic nitrogens is 4. The zero-order chi connectivity index (χ0) is 24.8. The maximum Gasteiger partial charge on any atom is 0.329 e. The summed E-state index contributed by atoms with van der Waals surface area (Å²) in [5, 5.41) is 0.904. The van der Waals surface area contributed by atoms with Crippen LogP contribution in [0, 0.1) is 0 Å². The van der Waals surface area contributed by atoms with Crippen molar-refractivity contribution in [2.24, 2.45) is 0 Å². The Hall–Kier alpha value is -4.25. The van der Waals surface area contributed by atoms with E-state index in [2.05, 4.69) is 14.7 Å². The maximum atomic E-state index is 12.1. The topological polar surface area (TPSA) is 139 Å². The van der Waals surface area contributed by atoms with Gasteiger partial charge in [-0.25, -0.2) is 14.2 Å². The zero-order valence-corrected chi connectivity index (χ0v) is 19.0. The minimum Gasteiger partial charge on any atom is -0.468 e. The molecule has 11 nitrogen and oxygen atoms in total. The molecule has 182 valence electrons. The number of nitrogens with one attached hydrogen (secondary N) is 2. The summed E-state index contributed by atoms with van der Waals surface area (Å²) >= 11 is 0. The summed E-state index contributed by atoms with van der Waals surface area (Å²) in [6, 6.07) is 13.6. The molecule has 0 spiro atoms. The van der Waals surface area contributed by atoms with E-state index in [4.69, 9.17) is 0 Å². The molecule has 34 heavy (non-hydrogen) atoms. The van der Waals surface area contributed by atoms with Crippen LogP contribution in [0.1, 0.15) is 2.85 Å². The first-order chi connectivity index (χ1) is 16.2. The van der Waals surface area contributed by atoms with Crippen LogP contribution in [-0.4, -0.2) is 57.7 Å². The lowest BCUT2D eigenvalue weighted by atomic mass is 10.2. The van der Waals surface area contributed by atoms with Crippen LogP contribution in [-0.2, 0) is 22.6 Å². The van der Waals surface area contributed by atoms with Crippen molar-refractivity contribution in [1.82, 2.24) is 24.0 Å². The number of fused-ring (bicyclic) bond motifs is 2. The molecule has 4 rings (SSSR count). The van der Waals surface area contributed by atoms with Crippen molar-refractivity contribution in [3.63, 3.8) is 0 Å². The minimum atomic E-state index is -0.645. The largest absolute Gasteiger partial charge is 0.468 e. The molecular weight excluding hydrogens is 442 g/mol. The summed E-state index contributed by atoms with van der Waals surface area (Å²) in [6.45, 7) is 0.656. The van der Waals surface area contributed by atoms with Gasteiger partial charge in [-0.15, -0.1) is 0 Å². The summed E-state index contributed by atoms with van der Waals surface area (Å²) in [4.78, 5) is 65.6. The molecule has 0 aliphatic carbocycles. The van der Waals surface area contributed by atoms with Crippen molar-refractivity contribution in [2.75, 3.05) is 27.7 Å². The number of methoxy groups -OCH3 is 1. The van der Waals surface area contributed by atoms with E-state index in [-0.39, 0.29) is 14.1 Å². The molecule has 0 saturated heterocycles. The average molecular weight is 472 g/mol. The number of para-hydroxylation sites is 2. The molecule has 0 radical (unpaired) electrons. The fourth-order valence-corrected chi connectivity index (χ4v) is 3.24. The van der Waals surface area contributed by atoms with E-state index in [1.807, 2.05) is 19.0 Å². The van der Waals surface area contributed by atoms with Crippen molar-refractivity contribution in [3.8, 4) is 0 Å². The number of hydrogen-bond acceptors (Lipinski definition) is 7. The van der Waals surface area contributed by atoms with E-state index >= 15 is 0 Å². The number of nitrogens with zero attached hydrogens (tertiary/aromatic N) is 3. The van der Waals surface area contributed by atoms with Crippen molar-refractivity contribution in [3.05, 3.63) is 90.2 Å². The van der Waals surface area contributed by atoms with Crippen LogP contribution in [0.15, 0.2) is 67.7 Å². The highest BCUT2D eigenvalue weighted by molar-refractivity contribution is 5.78. The van der Waals surface area contributed by atoms with Gasteiger partial charge in [0.1, 0.15) is 6.54 Å². The highest BCUT2D eigenvalue weighted by atomic mass is 16.5. The van der Waals surface area contributed by atoms with Crippen LogP contribution in [0.4, 0.5) is 0 Å². The second kappa shape index (κ2) is 10.6. The standard InChI is InChI=1S/C12H15N3O2.C11H10N2O4.2H2/c1-14(2)7-8-15-11(16)9-5-3-4-6-10(9)13-12(15)17;1-17-9(14)6-13-10(15)7-4-2-3-5-8(7)12-11(13)16;;/h3-6H,7-8H2,1-2H3,(H,13,17);2-5H,6H2,1H3,(H,12,16);2*1H. The molecule has 11 heteroatoms. The Morgan fingerprint density at radius 2 is 1.32 bits per heavy atom. The second-order valence-corrected chi connectivity index (χ2v) is 7.68. The Kier molecular flexibility index (Phi) is 7.59. The summed E-state index contributed by atoms with van der Waals surface area (Å²) in [6.07, 6.45) is 0. The number of rotatable bonds is 5. The molecular formula is C23H29N5O6. The van der Waals surface area contributed by atoms with Crippen LogP contribution >= 0.6 is 0 Å².